The van der Waals surface area contributed by atoms with Gasteiger partial charge in [-0.25, -0.2) is 4.72 Å². The normalized spacial score (nSPS) is 16.8. The van der Waals surface area contributed by atoms with Gasteiger partial charge in [0.05, 0.1) is 11.6 Å². The van der Waals surface area contributed by atoms with Crippen LogP contribution in [0.3, 0.4) is 0 Å². The molecular formula is C24H25N5O2S. The minimum absolute atomic E-state index is 0.190. The molecule has 0 bridgehead atoms. The minimum atomic E-state index is -3.71. The largest absolute Gasteiger partial charge is 0.365 e. The molecule has 0 unspecified atom stereocenters. The van der Waals surface area contributed by atoms with Crippen LogP contribution in [-0.2, 0) is 29.7 Å². The molecule has 0 fully saturated rings. The van der Waals surface area contributed by atoms with Crippen LogP contribution in [-0.4, -0.2) is 37.3 Å². The predicted octanol–water partition coefficient (Wildman–Crippen LogP) is 2.85. The molecule has 8 heteroatoms. The molecule has 4 rings (SSSR count). The molecule has 2 aromatic carbocycles. The molecule has 1 atom stereocenters. The Bertz CT molecular complexity index is 1210. The molecule has 0 saturated carbocycles. The smallest absolute Gasteiger partial charge is 0.279 e. The van der Waals surface area contributed by atoms with E-state index >= 15 is 0 Å². The SMILES string of the molecule is CNS(=O)(=O)N1Cc2cc(C#N)ccc2N(Cc2cccnc2)C[C@H]1Cc1ccccc1. The molecule has 0 amide bonds. The van der Waals surface area contributed by atoms with E-state index in [0.29, 0.717) is 25.1 Å². The van der Waals surface area contributed by atoms with Crippen LogP contribution < -0.4 is 9.62 Å². The molecule has 1 aromatic heterocycles. The van der Waals surface area contributed by atoms with E-state index < -0.39 is 10.2 Å². The van der Waals surface area contributed by atoms with Crippen LogP contribution in [0.5, 0.6) is 0 Å². The number of benzene rings is 2. The monoisotopic (exact) mass is 447 g/mol. The Morgan fingerprint density at radius 2 is 1.91 bits per heavy atom. The van der Waals surface area contributed by atoms with Gasteiger partial charge in [-0.1, -0.05) is 36.4 Å². The van der Waals surface area contributed by atoms with E-state index in [4.69, 9.17) is 0 Å². The predicted molar refractivity (Wildman–Crippen MR) is 124 cm³/mol. The summed E-state index contributed by atoms with van der Waals surface area (Å²) < 4.78 is 30.1. The highest BCUT2D eigenvalue weighted by molar-refractivity contribution is 7.87. The Kier molecular flexibility index (Phi) is 6.51. The number of nitriles is 1. The van der Waals surface area contributed by atoms with Crippen molar-refractivity contribution in [2.45, 2.75) is 25.6 Å². The van der Waals surface area contributed by atoms with Gasteiger partial charge in [-0.2, -0.15) is 18.0 Å². The highest BCUT2D eigenvalue weighted by atomic mass is 32.2. The van der Waals surface area contributed by atoms with Gasteiger partial charge in [0.25, 0.3) is 10.2 Å². The second-order valence-corrected chi connectivity index (χ2v) is 9.62. The number of nitrogens with zero attached hydrogens (tertiary/aromatic N) is 4. The van der Waals surface area contributed by atoms with E-state index in [1.807, 2.05) is 54.7 Å². The zero-order valence-electron chi connectivity index (χ0n) is 17.8. The molecule has 1 aliphatic rings. The number of fused-ring (bicyclic) bond motifs is 1. The Balaban J connectivity index is 1.79. The average Bonchev–Trinajstić information content (AvgIpc) is 2.97. The Morgan fingerprint density at radius 3 is 2.59 bits per heavy atom. The third kappa shape index (κ3) is 4.81. The van der Waals surface area contributed by atoms with Crippen molar-refractivity contribution in [1.82, 2.24) is 14.0 Å². The van der Waals surface area contributed by atoms with Crippen LogP contribution in [0.4, 0.5) is 5.69 Å². The molecule has 0 saturated heterocycles. The Labute approximate surface area is 189 Å². The molecule has 0 aliphatic carbocycles. The molecule has 3 aromatic rings. The van der Waals surface area contributed by atoms with Crippen LogP contribution in [0.15, 0.2) is 73.1 Å². The first kappa shape index (κ1) is 22.0. The van der Waals surface area contributed by atoms with Gasteiger partial charge in [-0.15, -0.1) is 0 Å². The van der Waals surface area contributed by atoms with Gasteiger partial charge in [-0.3, -0.25) is 4.98 Å². The van der Waals surface area contributed by atoms with Gasteiger partial charge < -0.3 is 4.90 Å². The van der Waals surface area contributed by atoms with E-state index in [2.05, 4.69) is 20.7 Å². The van der Waals surface area contributed by atoms with Crippen molar-refractivity contribution in [3.63, 3.8) is 0 Å². The minimum Gasteiger partial charge on any atom is -0.365 e. The van der Waals surface area contributed by atoms with Crippen molar-refractivity contribution in [1.29, 1.82) is 5.26 Å². The standard InChI is InChI=1S/C24H25N5O2S/c1-26-32(30,31)29-17-22-12-20(14-25)9-10-24(22)28(16-21-8-5-11-27-15-21)18-23(29)13-19-6-3-2-4-7-19/h2-12,15,23,26H,13,16-18H2,1H3/t23-/m1/s1. The maximum atomic E-state index is 13.1. The van der Waals surface area contributed by atoms with Crippen LogP contribution in [0.2, 0.25) is 0 Å². The third-order valence-corrected chi connectivity index (χ3v) is 7.25. The zero-order chi connectivity index (χ0) is 22.6. The number of rotatable bonds is 6. The van der Waals surface area contributed by atoms with Crippen LogP contribution in [0.25, 0.3) is 0 Å². The van der Waals surface area contributed by atoms with Crippen molar-refractivity contribution in [2.75, 3.05) is 18.5 Å². The second-order valence-electron chi connectivity index (χ2n) is 7.80. The summed E-state index contributed by atoms with van der Waals surface area (Å²) in [5, 5.41) is 9.41. The maximum absolute atomic E-state index is 13.1. The molecule has 0 radical (unpaired) electrons. The summed E-state index contributed by atoms with van der Waals surface area (Å²) in [5.74, 6) is 0. The lowest BCUT2D eigenvalue weighted by Crippen LogP contribution is -2.49. The van der Waals surface area contributed by atoms with E-state index in [-0.39, 0.29) is 12.6 Å². The average molecular weight is 448 g/mol. The van der Waals surface area contributed by atoms with Gasteiger partial charge in [0.1, 0.15) is 0 Å². The highest BCUT2D eigenvalue weighted by Gasteiger charge is 2.35. The molecule has 1 N–H and O–H groups in total. The molecule has 32 heavy (non-hydrogen) atoms. The number of nitrogens with one attached hydrogen (secondary N) is 1. The summed E-state index contributed by atoms with van der Waals surface area (Å²) in [4.78, 5) is 6.41. The van der Waals surface area contributed by atoms with E-state index in [1.165, 1.54) is 11.4 Å². The van der Waals surface area contributed by atoms with Gasteiger partial charge in [0.15, 0.2) is 0 Å². The first-order valence-electron chi connectivity index (χ1n) is 10.4. The summed E-state index contributed by atoms with van der Waals surface area (Å²) in [6, 6.07) is 21.2. The lowest BCUT2D eigenvalue weighted by Gasteiger charge is -2.32. The quantitative estimate of drug-likeness (QED) is 0.628. The maximum Gasteiger partial charge on any atom is 0.279 e. The summed E-state index contributed by atoms with van der Waals surface area (Å²) in [5.41, 5.74) is 4.35. The Hall–Kier alpha value is -3.25. The van der Waals surface area contributed by atoms with Crippen molar-refractivity contribution in [3.8, 4) is 6.07 Å². The van der Waals surface area contributed by atoms with Gasteiger partial charge >= 0.3 is 0 Å². The van der Waals surface area contributed by atoms with E-state index in [9.17, 15) is 13.7 Å². The number of pyridine rings is 1. The van der Waals surface area contributed by atoms with Gasteiger partial charge in [0.2, 0.25) is 0 Å². The van der Waals surface area contributed by atoms with Gasteiger partial charge in [0, 0.05) is 50.8 Å². The lowest BCUT2D eigenvalue weighted by molar-refractivity contribution is 0.314. The van der Waals surface area contributed by atoms with Crippen molar-refractivity contribution >= 4 is 15.9 Å². The van der Waals surface area contributed by atoms with Crippen LogP contribution in [0.1, 0.15) is 22.3 Å². The van der Waals surface area contributed by atoms with E-state index in [0.717, 1.165) is 22.4 Å². The third-order valence-electron chi connectivity index (χ3n) is 5.69. The molecule has 2 heterocycles. The number of aromatic nitrogens is 1. The highest BCUT2D eigenvalue weighted by Crippen LogP contribution is 2.31. The fourth-order valence-corrected chi connectivity index (χ4v) is 5.22. The molecule has 1 aliphatic heterocycles. The zero-order valence-corrected chi connectivity index (χ0v) is 18.7. The molecule has 7 nitrogen and oxygen atoms in total. The fourth-order valence-electron chi connectivity index (χ4n) is 4.14. The topological polar surface area (TPSA) is 89.3 Å². The number of hydrogen-bond acceptors (Lipinski definition) is 5. The molecular weight excluding hydrogens is 422 g/mol. The fraction of sp³-hybridized carbons (Fsp3) is 0.250. The summed E-state index contributed by atoms with van der Waals surface area (Å²) in [7, 11) is -2.28. The van der Waals surface area contributed by atoms with Gasteiger partial charge in [-0.05, 0) is 47.4 Å². The number of anilines is 1. The first-order valence-corrected chi connectivity index (χ1v) is 11.9. The first-order chi connectivity index (χ1) is 15.5. The molecule has 0 spiro atoms. The lowest BCUT2D eigenvalue weighted by atomic mass is 10.1. The summed E-state index contributed by atoms with van der Waals surface area (Å²) >= 11 is 0. The van der Waals surface area contributed by atoms with Crippen LogP contribution in [0, 0.1) is 11.3 Å². The van der Waals surface area contributed by atoms with Crippen LogP contribution >= 0.6 is 0 Å². The van der Waals surface area contributed by atoms with Crippen molar-refractivity contribution in [2.24, 2.45) is 0 Å². The number of hydrogen-bond donors (Lipinski definition) is 1. The van der Waals surface area contributed by atoms with E-state index in [1.54, 1.807) is 18.3 Å². The molecule has 164 valence electrons. The van der Waals surface area contributed by atoms with Crippen molar-refractivity contribution in [3.05, 3.63) is 95.3 Å². The second kappa shape index (κ2) is 9.49. The Morgan fingerprint density at radius 1 is 1.12 bits per heavy atom. The summed E-state index contributed by atoms with van der Waals surface area (Å²) in [6.45, 7) is 1.28. The van der Waals surface area contributed by atoms with Crippen molar-refractivity contribution < 1.29 is 8.42 Å². The summed E-state index contributed by atoms with van der Waals surface area (Å²) in [6.07, 6.45) is 4.13.